The Morgan fingerprint density at radius 2 is 1.10 bits per heavy atom. The van der Waals surface area contributed by atoms with Crippen LogP contribution in [-0.2, 0) is 0 Å². The van der Waals surface area contributed by atoms with Gasteiger partial charge in [-0.15, -0.1) is 0 Å². The van der Waals surface area contributed by atoms with Gasteiger partial charge in [-0.2, -0.15) is 0 Å². The monoisotopic (exact) mass is 610 g/mol. The van der Waals surface area contributed by atoms with Crippen LogP contribution in [0.1, 0.15) is 11.1 Å². The van der Waals surface area contributed by atoms with Crippen LogP contribution in [-0.4, -0.2) is 19.1 Å². The Kier molecular flexibility index (Phi) is 5.08. The summed E-state index contributed by atoms with van der Waals surface area (Å²) in [6.07, 6.45) is 4.51. The summed E-state index contributed by atoms with van der Waals surface area (Å²) >= 11 is 0. The van der Waals surface area contributed by atoms with E-state index in [9.17, 15) is 0 Å². The Hall–Kier alpha value is -6.52. The first kappa shape index (κ1) is 25.6. The van der Waals surface area contributed by atoms with Gasteiger partial charge in [0.1, 0.15) is 5.69 Å². The minimum atomic E-state index is 0.828. The van der Waals surface area contributed by atoms with Gasteiger partial charge in [0.05, 0.1) is 33.1 Å². The first-order valence-corrected chi connectivity index (χ1v) is 16.3. The molecule has 4 heteroatoms. The summed E-state index contributed by atoms with van der Waals surface area (Å²) in [5.74, 6) is 0.828. The minimum Gasteiger partial charge on any atom is -0.309 e. The van der Waals surface area contributed by atoms with Crippen molar-refractivity contribution in [2.45, 2.75) is 0 Å². The third-order valence-corrected chi connectivity index (χ3v) is 10.0. The molecule has 0 saturated heterocycles. The molecule has 3 heterocycles. The van der Waals surface area contributed by atoms with Crippen molar-refractivity contribution in [2.24, 2.45) is 0 Å². The lowest BCUT2D eigenvalue weighted by atomic mass is 10.00. The van der Waals surface area contributed by atoms with Crippen LogP contribution >= 0.6 is 0 Å². The smallest absolute Gasteiger partial charge is 0.165 e. The molecule has 0 radical (unpaired) electrons. The van der Waals surface area contributed by atoms with Crippen LogP contribution in [0.5, 0.6) is 0 Å². The van der Waals surface area contributed by atoms with Gasteiger partial charge in [-0.25, -0.2) is 9.97 Å². The van der Waals surface area contributed by atoms with Gasteiger partial charge >= 0.3 is 0 Å². The maximum atomic E-state index is 5.42. The van der Waals surface area contributed by atoms with E-state index in [2.05, 4.69) is 155 Å². The molecule has 0 saturated carbocycles. The fourth-order valence-corrected chi connectivity index (χ4v) is 7.98. The highest BCUT2D eigenvalue weighted by Crippen LogP contribution is 2.44. The van der Waals surface area contributed by atoms with Crippen LogP contribution in [0.4, 0.5) is 0 Å². The van der Waals surface area contributed by atoms with Crippen molar-refractivity contribution in [1.82, 2.24) is 19.1 Å². The third-order valence-electron chi connectivity index (χ3n) is 10.0. The molecule has 11 rings (SSSR count). The summed E-state index contributed by atoms with van der Waals surface area (Å²) in [6.45, 7) is 0. The molecule has 0 N–H and O–H groups in total. The summed E-state index contributed by atoms with van der Waals surface area (Å²) in [4.78, 5) is 10.8. The summed E-state index contributed by atoms with van der Waals surface area (Å²) < 4.78 is 4.70. The van der Waals surface area contributed by atoms with Crippen LogP contribution in [0.25, 0.3) is 100 Å². The Bertz CT molecular complexity index is 3000. The van der Waals surface area contributed by atoms with E-state index in [1.54, 1.807) is 0 Å². The Balaban J connectivity index is 1.28. The van der Waals surface area contributed by atoms with E-state index in [1.807, 2.05) is 12.1 Å². The molecule has 0 amide bonds. The fourth-order valence-electron chi connectivity index (χ4n) is 7.98. The van der Waals surface area contributed by atoms with Gasteiger partial charge in [-0.3, -0.25) is 4.57 Å². The molecular formula is C44H26N4. The number of hydrogen-bond donors (Lipinski definition) is 0. The SMILES string of the molecule is C1=Cc2cccc3c2c2c4c1cccc4ccc2n3-c1nc2ccccc2nc1-c1ccc2c3ccccc3n(-c3ccccc3)c2c1. The lowest BCUT2D eigenvalue weighted by Gasteiger charge is -2.15. The lowest BCUT2D eigenvalue weighted by molar-refractivity contribution is 1.08. The van der Waals surface area contributed by atoms with Gasteiger partial charge < -0.3 is 4.57 Å². The molecular weight excluding hydrogens is 585 g/mol. The predicted octanol–water partition coefficient (Wildman–Crippen LogP) is 11.1. The maximum Gasteiger partial charge on any atom is 0.165 e. The molecule has 222 valence electrons. The van der Waals surface area contributed by atoms with E-state index in [0.717, 1.165) is 50.3 Å². The Morgan fingerprint density at radius 3 is 1.98 bits per heavy atom. The van der Waals surface area contributed by atoms with Crippen LogP contribution < -0.4 is 0 Å². The van der Waals surface area contributed by atoms with Crippen LogP contribution in [0.15, 0.2) is 146 Å². The molecule has 0 spiro atoms. The average Bonchev–Trinajstić information content (AvgIpc) is 3.60. The molecule has 0 bridgehead atoms. The number of aromatic nitrogens is 4. The fraction of sp³-hybridized carbons (Fsp3) is 0. The zero-order valence-corrected chi connectivity index (χ0v) is 25.8. The van der Waals surface area contributed by atoms with E-state index in [-0.39, 0.29) is 0 Å². The highest BCUT2D eigenvalue weighted by atomic mass is 15.1. The van der Waals surface area contributed by atoms with E-state index >= 15 is 0 Å². The highest BCUT2D eigenvalue weighted by molar-refractivity contribution is 6.26. The number of para-hydroxylation sites is 4. The van der Waals surface area contributed by atoms with Crippen molar-refractivity contribution in [2.75, 3.05) is 0 Å². The summed E-state index contributed by atoms with van der Waals surface area (Å²) in [7, 11) is 0. The second-order valence-corrected chi connectivity index (χ2v) is 12.6. The van der Waals surface area contributed by atoms with Crippen molar-refractivity contribution in [3.05, 3.63) is 157 Å². The van der Waals surface area contributed by atoms with Gasteiger partial charge in [-0.1, -0.05) is 109 Å². The quantitative estimate of drug-likeness (QED) is 0.199. The topological polar surface area (TPSA) is 35.6 Å². The van der Waals surface area contributed by atoms with Crippen molar-refractivity contribution >= 4 is 77.6 Å². The van der Waals surface area contributed by atoms with E-state index < -0.39 is 0 Å². The normalized spacial score (nSPS) is 12.5. The van der Waals surface area contributed by atoms with Crippen LogP contribution in [0, 0.1) is 0 Å². The van der Waals surface area contributed by atoms with Gasteiger partial charge in [0, 0.05) is 32.8 Å². The van der Waals surface area contributed by atoms with Crippen molar-refractivity contribution in [1.29, 1.82) is 0 Å². The zero-order chi connectivity index (χ0) is 31.3. The third kappa shape index (κ3) is 3.43. The van der Waals surface area contributed by atoms with Gasteiger partial charge in [-0.05, 0) is 70.4 Å². The molecule has 48 heavy (non-hydrogen) atoms. The van der Waals surface area contributed by atoms with Gasteiger partial charge in [0.2, 0.25) is 0 Å². The molecule has 1 aliphatic carbocycles. The molecule has 4 nitrogen and oxygen atoms in total. The van der Waals surface area contributed by atoms with Crippen molar-refractivity contribution in [3.63, 3.8) is 0 Å². The van der Waals surface area contributed by atoms with Gasteiger partial charge in [0.15, 0.2) is 5.82 Å². The summed E-state index contributed by atoms with van der Waals surface area (Å²) in [5, 5.41) is 7.48. The number of benzene rings is 7. The molecule has 1 aliphatic rings. The Labute approximate surface area is 275 Å². The lowest BCUT2D eigenvalue weighted by Crippen LogP contribution is -2.04. The van der Waals surface area contributed by atoms with E-state index in [4.69, 9.17) is 9.97 Å². The second-order valence-electron chi connectivity index (χ2n) is 12.6. The predicted molar refractivity (Wildman–Crippen MR) is 200 cm³/mol. The highest BCUT2D eigenvalue weighted by Gasteiger charge is 2.24. The second kappa shape index (κ2) is 9.50. The van der Waals surface area contributed by atoms with E-state index in [1.165, 1.54) is 49.0 Å². The number of hydrogen-bond acceptors (Lipinski definition) is 2. The number of fused-ring (bicyclic) bond motifs is 4. The van der Waals surface area contributed by atoms with Gasteiger partial charge in [0.25, 0.3) is 0 Å². The summed E-state index contributed by atoms with van der Waals surface area (Å²) in [6, 6.07) is 51.9. The van der Waals surface area contributed by atoms with Crippen molar-refractivity contribution in [3.8, 4) is 22.8 Å². The Morgan fingerprint density at radius 1 is 0.417 bits per heavy atom. The molecule has 0 aliphatic heterocycles. The first-order chi connectivity index (χ1) is 23.8. The molecule has 10 aromatic rings. The van der Waals surface area contributed by atoms with Crippen molar-refractivity contribution < 1.29 is 0 Å². The molecule has 3 aromatic heterocycles. The molecule has 7 aromatic carbocycles. The average molecular weight is 611 g/mol. The number of rotatable bonds is 3. The zero-order valence-electron chi connectivity index (χ0n) is 25.8. The van der Waals surface area contributed by atoms with E-state index in [0.29, 0.717) is 0 Å². The molecule has 0 atom stereocenters. The molecule has 0 fully saturated rings. The van der Waals surface area contributed by atoms with Crippen LogP contribution in [0.2, 0.25) is 0 Å². The maximum absolute atomic E-state index is 5.42. The van der Waals surface area contributed by atoms with Crippen LogP contribution in [0.3, 0.4) is 0 Å². The number of nitrogens with zero attached hydrogens (tertiary/aromatic N) is 4. The largest absolute Gasteiger partial charge is 0.309 e. The molecule has 0 unspecified atom stereocenters. The standard InChI is InChI=1S/C44H26N4/c1-2-13-31(14-3-1)47-36-18-7-4-15-32(36)33-24-22-30(26-39(33)47)43-44(46-35-17-6-5-16-34(35)45-43)48-37-19-9-12-29-21-20-27-10-8-11-28-23-25-38(48)42(40(27)28)41(29)37/h1-26H. The minimum absolute atomic E-state index is 0.828. The first-order valence-electron chi connectivity index (χ1n) is 16.3. The summed E-state index contributed by atoms with van der Waals surface area (Å²) in [5.41, 5.74) is 11.8.